The molecule has 400 valence electrons. The lowest BCUT2D eigenvalue weighted by Crippen LogP contribution is -3.11. The van der Waals surface area contributed by atoms with Gasteiger partial charge < -0.3 is 43.9 Å². The summed E-state index contributed by atoms with van der Waals surface area (Å²) in [4.78, 5) is 63.2. The number of rotatable bonds is 41. The van der Waals surface area contributed by atoms with Crippen LogP contribution in [-0.2, 0) is 37.4 Å². The zero-order chi connectivity index (χ0) is 50.5. The molecular formula is C51H95N6O11P. The van der Waals surface area contributed by atoms with E-state index in [1.807, 2.05) is 0 Å². The Morgan fingerprint density at radius 2 is 1.25 bits per heavy atom. The minimum Gasteiger partial charge on any atom is -0.756 e. The quantitative estimate of drug-likeness (QED) is 0.0276. The molecule has 0 saturated carbocycles. The van der Waals surface area contributed by atoms with Gasteiger partial charge in [0.15, 0.2) is 17.3 Å². The normalized spacial score (nSPS) is 17.2. The summed E-state index contributed by atoms with van der Waals surface area (Å²) in [5.74, 6) is -1.14. The van der Waals surface area contributed by atoms with Crippen molar-refractivity contribution in [3.05, 3.63) is 16.7 Å². The Hall–Kier alpha value is -2.92. The summed E-state index contributed by atoms with van der Waals surface area (Å²) in [5.41, 5.74) is 5.27. The van der Waals surface area contributed by atoms with Crippen LogP contribution >= 0.6 is 7.82 Å². The van der Waals surface area contributed by atoms with Crippen molar-refractivity contribution in [2.75, 3.05) is 45.2 Å². The maximum Gasteiger partial charge on any atom is 0.306 e. The maximum atomic E-state index is 13.1. The molecule has 0 aromatic carbocycles. The number of unbranched alkanes of at least 4 members (excludes halogenated alkanes) is 24. The summed E-state index contributed by atoms with van der Waals surface area (Å²) in [7, 11) is -5.09. The highest BCUT2D eigenvalue weighted by atomic mass is 31.2. The molecule has 2 aromatic heterocycles. The van der Waals surface area contributed by atoms with Crippen LogP contribution in [0.25, 0.3) is 11.2 Å². The minimum absolute atomic E-state index is 0.00488. The summed E-state index contributed by atoms with van der Waals surface area (Å²) in [5, 5.41) is 9.99. The standard InChI is InChI=1S/C45H80N5O11P.C6H15N/c1-3-5-7-9-11-13-15-17-19-21-23-25-27-29-40(52)57-33-36(59-41(53)30-28-26-24-22-20-18-16-14-12-10-8-6-4-2)34-58-62(55,56)61-37-31-39(60-38(37)32-51)50-35-47-42-43(50)48-45(46)49-44(42)54;1-4-7(5-2)6-3/h35-39,51H,3-34H2,1-2H3,(H,55,56)(H3,46,48,49,54);4-6H2,1-3H3/t36-,37+,38-,39-;/m1./s1. The van der Waals surface area contributed by atoms with Crippen molar-refractivity contribution in [3.63, 3.8) is 0 Å². The van der Waals surface area contributed by atoms with Gasteiger partial charge in [0, 0.05) is 19.3 Å². The predicted octanol–water partition coefficient (Wildman–Crippen LogP) is 9.20. The molecule has 1 aliphatic rings. The number of imidazole rings is 1. The van der Waals surface area contributed by atoms with Crippen molar-refractivity contribution in [1.29, 1.82) is 0 Å². The number of aromatic amines is 1. The number of carbonyl (C=O) groups is 2. The molecule has 2 aromatic rings. The number of aromatic nitrogens is 4. The number of nitrogen functional groups attached to an aromatic ring is 1. The first-order chi connectivity index (χ1) is 33.4. The molecule has 1 aliphatic heterocycles. The van der Waals surface area contributed by atoms with Gasteiger partial charge in [0.05, 0.1) is 45.3 Å². The molecule has 69 heavy (non-hydrogen) atoms. The number of nitrogens with one attached hydrogen (secondary N) is 2. The average Bonchev–Trinajstić information content (AvgIpc) is 3.94. The van der Waals surface area contributed by atoms with Crippen LogP contribution in [0.4, 0.5) is 5.95 Å². The number of fused-ring (bicyclic) bond motifs is 1. The van der Waals surface area contributed by atoms with E-state index < -0.39 is 63.1 Å². The first-order valence-electron chi connectivity index (χ1n) is 27.2. The Kier molecular flexibility index (Phi) is 34.9. The van der Waals surface area contributed by atoms with Crippen LogP contribution in [0.3, 0.4) is 0 Å². The molecule has 1 saturated heterocycles. The number of ether oxygens (including phenoxy) is 3. The number of nitrogens with zero attached hydrogens (tertiary/aromatic N) is 3. The summed E-state index contributed by atoms with van der Waals surface area (Å²) < 4.78 is 42.0. The van der Waals surface area contributed by atoms with Crippen molar-refractivity contribution in [2.24, 2.45) is 0 Å². The fourth-order valence-corrected chi connectivity index (χ4v) is 9.58. The molecule has 0 radical (unpaired) electrons. The van der Waals surface area contributed by atoms with Crippen LogP contribution in [0.1, 0.15) is 227 Å². The number of quaternary nitrogens is 1. The largest absolute Gasteiger partial charge is 0.756 e. The topological polar surface area (TPSA) is 235 Å². The van der Waals surface area contributed by atoms with Gasteiger partial charge in [0.25, 0.3) is 13.4 Å². The maximum absolute atomic E-state index is 13.1. The summed E-state index contributed by atoms with van der Waals surface area (Å²) in [6, 6.07) is 0. The number of H-pyrrole nitrogens is 1. The van der Waals surface area contributed by atoms with E-state index in [1.165, 1.54) is 146 Å². The molecular weight excluding hydrogens is 904 g/mol. The van der Waals surface area contributed by atoms with Gasteiger partial charge in [0.1, 0.15) is 18.9 Å². The van der Waals surface area contributed by atoms with E-state index in [0.717, 1.165) is 38.5 Å². The highest BCUT2D eigenvalue weighted by Crippen LogP contribution is 2.45. The second kappa shape index (κ2) is 38.7. The third-order valence-electron chi connectivity index (χ3n) is 13.0. The highest BCUT2D eigenvalue weighted by Gasteiger charge is 2.40. The van der Waals surface area contributed by atoms with Crippen LogP contribution < -0.4 is 21.1 Å². The Bertz CT molecular complexity index is 1720. The van der Waals surface area contributed by atoms with Gasteiger partial charge in [-0.05, 0) is 33.6 Å². The van der Waals surface area contributed by atoms with Crippen LogP contribution in [0, 0.1) is 0 Å². The van der Waals surface area contributed by atoms with E-state index in [2.05, 4.69) is 49.6 Å². The van der Waals surface area contributed by atoms with Crippen molar-refractivity contribution >= 4 is 36.9 Å². The van der Waals surface area contributed by atoms with Gasteiger partial charge in [-0.15, -0.1) is 0 Å². The van der Waals surface area contributed by atoms with E-state index in [-0.39, 0.29) is 43.0 Å². The van der Waals surface area contributed by atoms with E-state index in [0.29, 0.717) is 12.8 Å². The van der Waals surface area contributed by atoms with Gasteiger partial charge >= 0.3 is 11.9 Å². The number of anilines is 1. The number of carbonyl (C=O) groups excluding carboxylic acids is 2. The van der Waals surface area contributed by atoms with E-state index in [1.54, 1.807) is 4.90 Å². The highest BCUT2D eigenvalue weighted by molar-refractivity contribution is 7.45. The van der Waals surface area contributed by atoms with Crippen LogP contribution in [0.15, 0.2) is 11.1 Å². The van der Waals surface area contributed by atoms with Crippen molar-refractivity contribution in [1.82, 2.24) is 19.5 Å². The summed E-state index contributed by atoms with van der Waals surface area (Å²) in [6.45, 7) is 13.3. The fraction of sp³-hybridized carbons (Fsp3) is 0.863. The molecule has 1 unspecified atom stereocenters. The zero-order valence-electron chi connectivity index (χ0n) is 43.5. The molecule has 0 bridgehead atoms. The number of aliphatic hydroxyl groups excluding tert-OH is 1. The van der Waals surface area contributed by atoms with Crippen molar-refractivity contribution in [3.8, 4) is 0 Å². The predicted molar refractivity (Wildman–Crippen MR) is 271 cm³/mol. The second-order valence-electron chi connectivity index (χ2n) is 18.8. The van der Waals surface area contributed by atoms with Gasteiger partial charge in [-0.25, -0.2) is 4.98 Å². The van der Waals surface area contributed by atoms with Crippen molar-refractivity contribution in [2.45, 2.75) is 245 Å². The number of phosphoric acid groups is 1. The Labute approximate surface area is 414 Å². The van der Waals surface area contributed by atoms with Gasteiger partial charge in [0.2, 0.25) is 5.95 Å². The van der Waals surface area contributed by atoms with Crippen LogP contribution in [0.5, 0.6) is 0 Å². The monoisotopic (exact) mass is 999 g/mol. The Balaban J connectivity index is 0.00000216. The SMILES string of the molecule is CCCCCCCCCCCCCCCC(=O)OC[C@H](COP(=O)([O-])O[C@H]1C[C@H](n2cnc3c(=O)[nH]c(N)nc32)O[C@@H]1CO)OC(=O)CCCCCCCCCCCCCCC.CC[NH+](CC)CC. The number of hydrogen-bond donors (Lipinski definition) is 4. The molecule has 0 spiro atoms. The zero-order valence-corrected chi connectivity index (χ0v) is 44.4. The average molecular weight is 999 g/mol. The Morgan fingerprint density at radius 3 is 1.70 bits per heavy atom. The van der Waals surface area contributed by atoms with E-state index in [4.69, 9.17) is 29.0 Å². The van der Waals surface area contributed by atoms with Gasteiger partial charge in [-0.2, -0.15) is 4.98 Å². The van der Waals surface area contributed by atoms with Gasteiger partial charge in [-0.3, -0.25) is 28.5 Å². The molecule has 3 rings (SSSR count). The third-order valence-corrected chi connectivity index (χ3v) is 14.0. The van der Waals surface area contributed by atoms with E-state index >= 15 is 0 Å². The number of phosphoric ester groups is 1. The lowest BCUT2D eigenvalue weighted by Gasteiger charge is -2.29. The van der Waals surface area contributed by atoms with Crippen molar-refractivity contribution < 1.29 is 52.3 Å². The second-order valence-corrected chi connectivity index (χ2v) is 20.2. The summed E-state index contributed by atoms with van der Waals surface area (Å²) in [6.07, 6.45) is 27.8. The van der Waals surface area contributed by atoms with Gasteiger partial charge in [-0.1, -0.05) is 168 Å². The smallest absolute Gasteiger partial charge is 0.306 e. The minimum atomic E-state index is -5.09. The number of aliphatic hydroxyl groups is 1. The molecule has 18 heteroatoms. The number of nitrogens with two attached hydrogens (primary N) is 1. The molecule has 5 N–H and O–H groups in total. The summed E-state index contributed by atoms with van der Waals surface area (Å²) >= 11 is 0. The molecule has 0 amide bonds. The lowest BCUT2D eigenvalue weighted by molar-refractivity contribution is -0.894. The fourth-order valence-electron chi connectivity index (χ4n) is 8.61. The Morgan fingerprint density at radius 1 is 0.783 bits per heavy atom. The molecule has 17 nitrogen and oxygen atoms in total. The first kappa shape index (κ1) is 62.2. The lowest BCUT2D eigenvalue weighted by atomic mass is 10.0. The first-order valence-corrected chi connectivity index (χ1v) is 28.7. The molecule has 0 aliphatic carbocycles. The molecule has 1 fully saturated rings. The number of hydrogen-bond acceptors (Lipinski definition) is 14. The molecule has 3 heterocycles. The molecule has 5 atom stereocenters. The third kappa shape index (κ3) is 28.1. The van der Waals surface area contributed by atoms with Crippen LogP contribution in [-0.4, -0.2) is 94.3 Å². The number of esters is 2. The van der Waals surface area contributed by atoms with E-state index in [9.17, 15) is 28.9 Å². The van der Waals surface area contributed by atoms with Crippen LogP contribution in [0.2, 0.25) is 0 Å².